The molecule has 0 fully saturated rings. The van der Waals surface area contributed by atoms with Crippen LogP contribution in [0.5, 0.6) is 0 Å². The normalized spacial score (nSPS) is 14.4. The zero-order valence-corrected chi connectivity index (χ0v) is 7.81. The first-order valence-electron chi connectivity index (χ1n) is 3.74. The average molecular weight is 214 g/mol. The predicted molar refractivity (Wildman–Crippen MR) is 50.2 cm³/mol. The number of nitrogens with zero attached hydrogens (tertiary/aromatic N) is 2. The van der Waals surface area contributed by atoms with Crippen LogP contribution in [0, 0.1) is 11.3 Å². The number of nitrogens with two attached hydrogens (primary N) is 1. The number of nitriles is 1. The molecule has 5 nitrogen and oxygen atoms in total. The van der Waals surface area contributed by atoms with Gasteiger partial charge in [0.25, 0.3) is 0 Å². The lowest BCUT2D eigenvalue weighted by Crippen LogP contribution is -2.17. The lowest BCUT2D eigenvalue weighted by atomic mass is 10.1. The van der Waals surface area contributed by atoms with Crippen LogP contribution < -0.4 is 5.73 Å². The smallest absolute Gasteiger partial charge is 0.171 e. The Balaban J connectivity index is 2.98. The minimum absolute atomic E-state index is 0.0340. The number of aromatic nitrogens is 1. The third kappa shape index (κ3) is 2.12. The van der Waals surface area contributed by atoms with Crippen molar-refractivity contribution in [3.05, 3.63) is 23.0 Å². The Labute approximate surface area is 85.4 Å². The van der Waals surface area contributed by atoms with Crippen molar-refractivity contribution in [1.29, 1.82) is 5.26 Å². The third-order valence-corrected chi connectivity index (χ3v) is 1.94. The number of pyridine rings is 1. The van der Waals surface area contributed by atoms with Gasteiger partial charge in [0.2, 0.25) is 0 Å². The van der Waals surface area contributed by atoms with E-state index in [1.165, 1.54) is 18.2 Å². The minimum Gasteiger partial charge on any atom is -0.396 e. The average Bonchev–Trinajstić information content (AvgIpc) is 2.20. The fourth-order valence-electron chi connectivity index (χ4n) is 0.856. The topological polar surface area (TPSA) is 103 Å². The molecular weight excluding hydrogens is 206 g/mol. The molecule has 2 unspecified atom stereocenters. The first kappa shape index (κ1) is 10.7. The molecule has 1 aromatic rings. The van der Waals surface area contributed by atoms with E-state index in [2.05, 4.69) is 4.98 Å². The molecule has 0 amide bonds. The van der Waals surface area contributed by atoms with Crippen molar-refractivity contribution < 1.29 is 10.2 Å². The highest BCUT2D eigenvalue weighted by molar-refractivity contribution is 6.31. The van der Waals surface area contributed by atoms with Gasteiger partial charge in [-0.3, -0.25) is 0 Å². The van der Waals surface area contributed by atoms with Gasteiger partial charge < -0.3 is 15.9 Å². The van der Waals surface area contributed by atoms with Gasteiger partial charge in [-0.05, 0) is 12.1 Å². The van der Waals surface area contributed by atoms with Crippen LogP contribution in [0.25, 0.3) is 0 Å². The van der Waals surface area contributed by atoms with Crippen molar-refractivity contribution in [2.75, 3.05) is 5.73 Å². The van der Waals surface area contributed by atoms with Crippen LogP contribution >= 0.6 is 11.6 Å². The fraction of sp³-hybridized carbons (Fsp3) is 0.250. The maximum Gasteiger partial charge on any atom is 0.171 e. The summed E-state index contributed by atoms with van der Waals surface area (Å²) in [6.07, 6.45) is -2.90. The van der Waals surface area contributed by atoms with Crippen molar-refractivity contribution in [1.82, 2.24) is 4.98 Å². The van der Waals surface area contributed by atoms with E-state index in [9.17, 15) is 5.11 Å². The molecule has 4 N–H and O–H groups in total. The monoisotopic (exact) mass is 213 g/mol. The van der Waals surface area contributed by atoms with E-state index < -0.39 is 12.2 Å². The number of halogens is 1. The standard InChI is InChI=1S/C8H8ClN3O2/c9-8-4(11)1-2-5(12-8)7(14)6(13)3-10/h1-2,6-7,13-14H,11H2. The second-order valence-electron chi connectivity index (χ2n) is 2.63. The van der Waals surface area contributed by atoms with Crippen LogP contribution in [-0.4, -0.2) is 21.3 Å². The molecule has 14 heavy (non-hydrogen) atoms. The van der Waals surface area contributed by atoms with E-state index in [1.54, 1.807) is 0 Å². The van der Waals surface area contributed by atoms with Crippen molar-refractivity contribution in [3.63, 3.8) is 0 Å². The molecule has 6 heteroatoms. The zero-order valence-electron chi connectivity index (χ0n) is 7.05. The summed E-state index contributed by atoms with van der Waals surface area (Å²) in [5, 5.41) is 26.8. The quantitative estimate of drug-likeness (QED) is 0.482. The fourth-order valence-corrected chi connectivity index (χ4v) is 1.02. The van der Waals surface area contributed by atoms with Crippen LogP contribution in [0.15, 0.2) is 12.1 Å². The number of nitrogen functional groups attached to an aromatic ring is 1. The summed E-state index contributed by atoms with van der Waals surface area (Å²) in [4.78, 5) is 3.72. The van der Waals surface area contributed by atoms with E-state index in [-0.39, 0.29) is 16.5 Å². The van der Waals surface area contributed by atoms with Gasteiger partial charge in [0.15, 0.2) is 11.3 Å². The highest BCUT2D eigenvalue weighted by Crippen LogP contribution is 2.20. The molecule has 1 rings (SSSR count). The maximum atomic E-state index is 9.37. The number of hydrogen-bond donors (Lipinski definition) is 3. The van der Waals surface area contributed by atoms with Gasteiger partial charge >= 0.3 is 0 Å². The minimum atomic E-state index is -1.53. The summed E-state index contributed by atoms with van der Waals surface area (Å²) in [7, 11) is 0. The zero-order chi connectivity index (χ0) is 10.7. The van der Waals surface area contributed by atoms with Gasteiger partial charge in [-0.25, -0.2) is 4.98 Å². The molecule has 0 saturated carbocycles. The first-order chi connectivity index (χ1) is 6.56. The van der Waals surface area contributed by atoms with Crippen molar-refractivity contribution in [2.24, 2.45) is 0 Å². The van der Waals surface area contributed by atoms with Gasteiger partial charge in [0.1, 0.15) is 6.10 Å². The van der Waals surface area contributed by atoms with Crippen LogP contribution in [0.2, 0.25) is 5.15 Å². The highest BCUT2D eigenvalue weighted by Gasteiger charge is 2.19. The second-order valence-corrected chi connectivity index (χ2v) is 2.99. The number of hydrogen-bond acceptors (Lipinski definition) is 5. The molecule has 74 valence electrons. The van der Waals surface area contributed by atoms with E-state index in [0.29, 0.717) is 0 Å². The van der Waals surface area contributed by atoms with Gasteiger partial charge in [0.05, 0.1) is 17.5 Å². The van der Waals surface area contributed by atoms with E-state index >= 15 is 0 Å². The summed E-state index contributed by atoms with van der Waals surface area (Å²) in [5.74, 6) is 0. The van der Waals surface area contributed by atoms with Crippen molar-refractivity contribution >= 4 is 17.3 Å². The lowest BCUT2D eigenvalue weighted by molar-refractivity contribution is 0.0499. The van der Waals surface area contributed by atoms with E-state index in [0.717, 1.165) is 0 Å². The summed E-state index contributed by atoms with van der Waals surface area (Å²) >= 11 is 5.59. The molecule has 0 bridgehead atoms. The summed E-state index contributed by atoms with van der Waals surface area (Å²) < 4.78 is 0. The molecule has 0 aromatic carbocycles. The Bertz CT molecular complexity index is 377. The highest BCUT2D eigenvalue weighted by atomic mass is 35.5. The Kier molecular flexibility index (Phi) is 3.25. The number of aliphatic hydroxyl groups is 2. The molecule has 0 aliphatic heterocycles. The SMILES string of the molecule is N#CC(O)C(O)c1ccc(N)c(Cl)n1. The Morgan fingerprint density at radius 1 is 1.50 bits per heavy atom. The molecule has 1 heterocycles. The predicted octanol–water partition coefficient (Wildman–Crippen LogP) is 0.235. The molecule has 2 atom stereocenters. The molecular formula is C8H8ClN3O2. The van der Waals surface area contributed by atoms with Crippen LogP contribution in [0.4, 0.5) is 5.69 Å². The van der Waals surface area contributed by atoms with Crippen molar-refractivity contribution in [2.45, 2.75) is 12.2 Å². The second kappa shape index (κ2) is 4.24. The first-order valence-corrected chi connectivity index (χ1v) is 4.11. The number of anilines is 1. The number of aliphatic hydroxyl groups excluding tert-OH is 2. The largest absolute Gasteiger partial charge is 0.396 e. The Morgan fingerprint density at radius 2 is 2.14 bits per heavy atom. The number of rotatable bonds is 2. The Morgan fingerprint density at radius 3 is 2.64 bits per heavy atom. The molecule has 0 spiro atoms. The molecule has 0 saturated heterocycles. The van der Waals surface area contributed by atoms with Gasteiger partial charge in [0, 0.05) is 0 Å². The van der Waals surface area contributed by atoms with E-state index in [4.69, 9.17) is 27.7 Å². The third-order valence-electron chi connectivity index (χ3n) is 1.63. The van der Waals surface area contributed by atoms with Gasteiger partial charge in [-0.1, -0.05) is 11.6 Å². The Hall–Kier alpha value is -1.35. The molecule has 1 aromatic heterocycles. The molecule has 0 radical (unpaired) electrons. The van der Waals surface area contributed by atoms with Gasteiger partial charge in [-0.15, -0.1) is 0 Å². The van der Waals surface area contributed by atoms with Crippen LogP contribution in [-0.2, 0) is 0 Å². The lowest BCUT2D eigenvalue weighted by Gasteiger charge is -2.11. The summed E-state index contributed by atoms with van der Waals surface area (Å²) in [6.45, 7) is 0. The van der Waals surface area contributed by atoms with Crippen LogP contribution in [0.3, 0.4) is 0 Å². The molecule has 0 aliphatic rings. The molecule has 0 aliphatic carbocycles. The summed E-state index contributed by atoms with van der Waals surface area (Å²) in [5.41, 5.74) is 5.78. The maximum absolute atomic E-state index is 9.37. The van der Waals surface area contributed by atoms with Crippen LogP contribution in [0.1, 0.15) is 11.8 Å². The summed E-state index contributed by atoms with van der Waals surface area (Å²) in [6, 6.07) is 4.33. The van der Waals surface area contributed by atoms with Gasteiger partial charge in [-0.2, -0.15) is 5.26 Å². The van der Waals surface area contributed by atoms with Crippen molar-refractivity contribution in [3.8, 4) is 6.07 Å². The van der Waals surface area contributed by atoms with E-state index in [1.807, 2.05) is 0 Å².